The lowest BCUT2D eigenvalue weighted by Gasteiger charge is -2.47. The molecule has 8 aromatic rings. The zero-order valence-corrected chi connectivity index (χ0v) is 46.6. The molecule has 1 aliphatic carbocycles. The lowest BCUT2D eigenvalue weighted by molar-refractivity contribution is 0.332. The van der Waals surface area contributed by atoms with Gasteiger partial charge in [0.25, 0.3) is 6.71 Å². The molecule has 372 valence electrons. The molecular weight excluding hydrogens is 886 g/mol. The molecule has 0 spiro atoms. The molecule has 7 aromatic carbocycles. The predicted molar refractivity (Wildman–Crippen MR) is 315 cm³/mol. The van der Waals surface area contributed by atoms with Gasteiger partial charge in [-0.1, -0.05) is 178 Å². The van der Waals surface area contributed by atoms with Crippen molar-refractivity contribution in [2.75, 3.05) is 14.7 Å². The Balaban J connectivity index is 1.34. The second-order valence-electron chi connectivity index (χ2n) is 27.1. The molecule has 0 unspecified atom stereocenters. The normalized spacial score (nSPS) is 16.0. The van der Waals surface area contributed by atoms with Crippen LogP contribution in [0.4, 0.5) is 51.2 Å². The third-order valence-corrected chi connectivity index (χ3v) is 16.7. The molecule has 1 aromatic heterocycles. The van der Waals surface area contributed by atoms with Crippen molar-refractivity contribution in [3.8, 4) is 0 Å². The molecule has 0 radical (unpaired) electrons. The minimum absolute atomic E-state index is 0.00915. The van der Waals surface area contributed by atoms with Gasteiger partial charge in [0.2, 0.25) is 0 Å². The van der Waals surface area contributed by atoms with Gasteiger partial charge in [0, 0.05) is 45.2 Å². The summed E-state index contributed by atoms with van der Waals surface area (Å²) in [5.74, 6) is 0. The summed E-state index contributed by atoms with van der Waals surface area (Å²) < 4.78 is 7.55. The van der Waals surface area contributed by atoms with Gasteiger partial charge in [-0.25, -0.2) is 0 Å². The first-order valence-corrected chi connectivity index (χ1v) is 26.9. The lowest BCUT2D eigenvalue weighted by Crippen LogP contribution is -2.61. The molecule has 0 bridgehead atoms. The van der Waals surface area contributed by atoms with Crippen molar-refractivity contribution in [1.82, 2.24) is 0 Å². The number of para-hydroxylation sites is 2. The van der Waals surface area contributed by atoms with E-state index < -0.39 is 0 Å². The second-order valence-corrected chi connectivity index (χ2v) is 27.1. The molecule has 4 nitrogen and oxygen atoms in total. The van der Waals surface area contributed by atoms with Crippen molar-refractivity contribution in [2.45, 2.75) is 156 Å². The minimum atomic E-state index is -0.197. The number of furan rings is 1. The van der Waals surface area contributed by atoms with E-state index in [2.05, 4.69) is 271 Å². The summed E-state index contributed by atoms with van der Waals surface area (Å²) in [5.41, 5.74) is 22.6. The number of anilines is 9. The Morgan fingerprint density at radius 2 is 0.945 bits per heavy atom. The molecule has 3 aliphatic rings. The highest BCUT2D eigenvalue weighted by atomic mass is 16.3. The van der Waals surface area contributed by atoms with E-state index in [9.17, 15) is 0 Å². The molecule has 3 heterocycles. The van der Waals surface area contributed by atoms with Gasteiger partial charge in [-0.05, 0) is 169 Å². The SMILES string of the molecule is CC(C)(C)c1ccc(N2c3cc(N(c4ccccc4)c4ccccc4)cc4c3B(c3cc5c(cc3N4c3cc(C(C)(C)C)cc(C(C)(C)C)c3)C(C)(C)CCC5(C)C)c3oc4ccc(C(C)(C)C)cc4c32)cc1. The summed E-state index contributed by atoms with van der Waals surface area (Å²) in [7, 11) is 0. The van der Waals surface area contributed by atoms with Gasteiger partial charge in [-0.3, -0.25) is 0 Å². The van der Waals surface area contributed by atoms with E-state index in [-0.39, 0.29) is 39.2 Å². The van der Waals surface area contributed by atoms with Gasteiger partial charge in [-0.2, -0.15) is 0 Å². The highest BCUT2D eigenvalue weighted by Gasteiger charge is 2.49. The van der Waals surface area contributed by atoms with E-state index >= 15 is 0 Å². The van der Waals surface area contributed by atoms with Crippen molar-refractivity contribution >= 4 is 85.5 Å². The van der Waals surface area contributed by atoms with Gasteiger partial charge < -0.3 is 19.1 Å². The Morgan fingerprint density at radius 1 is 0.452 bits per heavy atom. The van der Waals surface area contributed by atoms with Gasteiger partial charge in [0.05, 0.1) is 17.0 Å². The summed E-state index contributed by atoms with van der Waals surface area (Å²) >= 11 is 0. The zero-order valence-electron chi connectivity index (χ0n) is 46.6. The van der Waals surface area contributed by atoms with Crippen molar-refractivity contribution in [3.63, 3.8) is 0 Å². The number of hydrogen-bond donors (Lipinski definition) is 0. The number of nitrogens with zero attached hydrogens (tertiary/aromatic N) is 3. The molecule has 2 aliphatic heterocycles. The van der Waals surface area contributed by atoms with E-state index in [1.165, 1.54) is 61.4 Å². The maximum Gasteiger partial charge on any atom is 0.297 e. The topological polar surface area (TPSA) is 22.9 Å². The predicted octanol–water partition coefficient (Wildman–Crippen LogP) is 17.5. The van der Waals surface area contributed by atoms with Crippen LogP contribution in [0.5, 0.6) is 0 Å². The fraction of sp³-hybridized carbons (Fsp3) is 0.353. The van der Waals surface area contributed by atoms with E-state index in [0.29, 0.717) is 0 Å². The summed E-state index contributed by atoms with van der Waals surface area (Å²) in [5, 5.41) is 1.14. The standard InChI is InChI=1S/C68H76BN3O/c1-63(2,3)43-27-30-49(31-28-43)72-58-40-51(70(47-23-19-17-20-24-47)48-25-21-18-22-26-48)39-57-60(58)69(62-61(72)52-38-44(64(4,5)6)29-32-59(52)73-62)55-41-53-54(68(15,16)34-33-67(53,13)14)42-56(55)71(57)50-36-45(65(7,8)9)35-46(37-50)66(10,11)12/h17-32,35-42H,33-34H2,1-16H3. The summed E-state index contributed by atoms with van der Waals surface area (Å²) in [6.07, 6.45) is 2.26. The van der Waals surface area contributed by atoms with Crippen molar-refractivity contribution in [3.05, 3.63) is 179 Å². The molecule has 0 fully saturated rings. The average molecular weight is 962 g/mol. The van der Waals surface area contributed by atoms with Crippen LogP contribution in [0.3, 0.4) is 0 Å². The van der Waals surface area contributed by atoms with Crippen LogP contribution >= 0.6 is 0 Å². The fourth-order valence-corrected chi connectivity index (χ4v) is 12.0. The molecule has 5 heteroatoms. The zero-order chi connectivity index (χ0) is 51.9. The molecule has 0 atom stereocenters. The molecule has 0 amide bonds. The van der Waals surface area contributed by atoms with Crippen LogP contribution in [0.2, 0.25) is 0 Å². The average Bonchev–Trinajstić information content (AvgIpc) is 3.71. The Bertz CT molecular complexity index is 3370. The van der Waals surface area contributed by atoms with Crippen LogP contribution < -0.4 is 31.3 Å². The molecule has 0 saturated carbocycles. The lowest BCUT2D eigenvalue weighted by atomic mass is 9.35. The first-order valence-electron chi connectivity index (χ1n) is 26.9. The third kappa shape index (κ3) is 8.21. The van der Waals surface area contributed by atoms with Crippen LogP contribution in [-0.2, 0) is 32.5 Å². The van der Waals surface area contributed by atoms with E-state index in [1.54, 1.807) is 0 Å². The van der Waals surface area contributed by atoms with Crippen molar-refractivity contribution in [1.29, 1.82) is 0 Å². The molecule has 73 heavy (non-hydrogen) atoms. The maximum absolute atomic E-state index is 7.55. The van der Waals surface area contributed by atoms with Crippen molar-refractivity contribution < 1.29 is 4.42 Å². The largest absolute Gasteiger partial charge is 0.468 e. The van der Waals surface area contributed by atoms with Crippen LogP contribution in [0.25, 0.3) is 11.0 Å². The van der Waals surface area contributed by atoms with Crippen LogP contribution in [-0.4, -0.2) is 6.71 Å². The smallest absolute Gasteiger partial charge is 0.297 e. The first-order chi connectivity index (χ1) is 34.2. The Kier molecular flexibility index (Phi) is 11.0. The molecular formula is C68H76BN3O. The summed E-state index contributed by atoms with van der Waals surface area (Å²) in [6.45, 7) is 37.7. The fourth-order valence-electron chi connectivity index (χ4n) is 12.0. The van der Waals surface area contributed by atoms with Crippen molar-refractivity contribution in [2.24, 2.45) is 0 Å². The first kappa shape index (κ1) is 48.8. The van der Waals surface area contributed by atoms with Crippen LogP contribution in [0.15, 0.2) is 150 Å². The Morgan fingerprint density at radius 3 is 1.47 bits per heavy atom. The molecule has 11 rings (SSSR count). The van der Waals surface area contributed by atoms with Gasteiger partial charge in [-0.15, -0.1) is 0 Å². The highest BCUT2D eigenvalue weighted by molar-refractivity contribution is 7.00. The van der Waals surface area contributed by atoms with Gasteiger partial charge in [0.15, 0.2) is 0 Å². The number of rotatable bonds is 5. The second kappa shape index (κ2) is 16.5. The van der Waals surface area contributed by atoms with E-state index in [0.717, 1.165) is 63.6 Å². The highest BCUT2D eigenvalue weighted by Crippen LogP contribution is 2.54. The maximum atomic E-state index is 7.55. The summed E-state index contributed by atoms with van der Waals surface area (Å²) in [6, 6.07) is 55.8. The Labute approximate surface area is 437 Å². The molecule has 0 N–H and O–H groups in total. The summed E-state index contributed by atoms with van der Waals surface area (Å²) in [4.78, 5) is 7.68. The van der Waals surface area contributed by atoms with E-state index in [4.69, 9.17) is 4.42 Å². The monoisotopic (exact) mass is 962 g/mol. The quantitative estimate of drug-likeness (QED) is 0.160. The van der Waals surface area contributed by atoms with Gasteiger partial charge >= 0.3 is 0 Å². The Hall–Kier alpha value is -6.46. The van der Waals surface area contributed by atoms with Crippen LogP contribution in [0.1, 0.15) is 157 Å². The van der Waals surface area contributed by atoms with Gasteiger partial charge in [0.1, 0.15) is 5.58 Å². The van der Waals surface area contributed by atoms with Crippen LogP contribution in [0, 0.1) is 0 Å². The third-order valence-electron chi connectivity index (χ3n) is 16.7. The van der Waals surface area contributed by atoms with E-state index in [1.807, 2.05) is 0 Å². The minimum Gasteiger partial charge on any atom is -0.468 e. The molecule has 0 saturated heterocycles. The number of fused-ring (bicyclic) bond motifs is 7. The number of benzene rings is 7. The number of hydrogen-bond acceptors (Lipinski definition) is 4.